The van der Waals surface area contributed by atoms with Crippen LogP contribution in [-0.2, 0) is 0 Å². The highest BCUT2D eigenvalue weighted by Gasteiger charge is 2.32. The molecule has 9 heteroatoms. The van der Waals surface area contributed by atoms with Crippen LogP contribution in [0.15, 0.2) is 36.4 Å². The Balaban J connectivity index is 1.45. The number of imide groups is 1. The number of carbonyl (C=O) groups is 3. The lowest BCUT2D eigenvalue weighted by Gasteiger charge is -2.10. The van der Waals surface area contributed by atoms with Gasteiger partial charge < -0.3 is 14.8 Å². The monoisotopic (exact) mass is 383 g/mol. The summed E-state index contributed by atoms with van der Waals surface area (Å²) in [6, 6.07) is 9.49. The van der Waals surface area contributed by atoms with Gasteiger partial charge in [0.2, 0.25) is 6.79 Å². The number of nitrogens with zero attached hydrogens (tertiary/aromatic N) is 1. The molecule has 0 unspecified atom stereocenters. The van der Waals surface area contributed by atoms with Gasteiger partial charge in [0, 0.05) is 18.3 Å². The highest BCUT2D eigenvalue weighted by molar-refractivity contribution is 7.80. The van der Waals surface area contributed by atoms with Gasteiger partial charge in [-0.05, 0) is 48.6 Å². The number of hydrogen-bond donors (Lipinski definition) is 2. The number of carbonyl (C=O) groups excluding carboxylic acids is 3. The molecular weight excluding hydrogens is 370 g/mol. The van der Waals surface area contributed by atoms with Crippen molar-refractivity contribution >= 4 is 40.7 Å². The van der Waals surface area contributed by atoms with Crippen molar-refractivity contribution in [1.82, 2.24) is 10.2 Å². The highest BCUT2D eigenvalue weighted by Crippen LogP contribution is 2.32. The molecule has 0 bridgehead atoms. The van der Waals surface area contributed by atoms with Crippen LogP contribution in [0.5, 0.6) is 11.5 Å². The van der Waals surface area contributed by atoms with E-state index in [9.17, 15) is 14.4 Å². The van der Waals surface area contributed by atoms with Crippen LogP contribution in [-0.4, -0.2) is 41.6 Å². The summed E-state index contributed by atoms with van der Waals surface area (Å²) in [5, 5.41) is 5.45. The lowest BCUT2D eigenvalue weighted by molar-refractivity contribution is 0.0692. The number of anilines is 1. The first kappa shape index (κ1) is 17.0. The van der Waals surface area contributed by atoms with Gasteiger partial charge in [-0.2, -0.15) is 0 Å². The second kappa shape index (κ2) is 6.36. The van der Waals surface area contributed by atoms with Crippen LogP contribution in [0.3, 0.4) is 0 Å². The maximum absolute atomic E-state index is 12.3. The van der Waals surface area contributed by atoms with Gasteiger partial charge in [0.15, 0.2) is 16.6 Å². The van der Waals surface area contributed by atoms with Gasteiger partial charge in [0.05, 0.1) is 11.1 Å². The smallest absolute Gasteiger partial charge is 0.261 e. The third-order valence-corrected chi connectivity index (χ3v) is 4.41. The Labute approximate surface area is 159 Å². The second-order valence-electron chi connectivity index (χ2n) is 5.91. The summed E-state index contributed by atoms with van der Waals surface area (Å²) < 4.78 is 10.5. The van der Waals surface area contributed by atoms with E-state index in [-0.39, 0.29) is 29.3 Å². The van der Waals surface area contributed by atoms with E-state index >= 15 is 0 Å². The zero-order valence-corrected chi connectivity index (χ0v) is 14.9. The Hall–Kier alpha value is -3.46. The van der Waals surface area contributed by atoms with Crippen molar-refractivity contribution in [3.63, 3.8) is 0 Å². The van der Waals surface area contributed by atoms with Gasteiger partial charge >= 0.3 is 0 Å². The van der Waals surface area contributed by atoms with E-state index < -0.39 is 5.91 Å². The molecule has 2 aromatic rings. The van der Waals surface area contributed by atoms with E-state index in [0.717, 1.165) is 4.90 Å². The zero-order valence-electron chi connectivity index (χ0n) is 14.1. The molecule has 0 atom stereocenters. The minimum atomic E-state index is -0.419. The Kier molecular flexibility index (Phi) is 4.00. The number of rotatable bonds is 2. The van der Waals surface area contributed by atoms with Crippen molar-refractivity contribution in [3.05, 3.63) is 53.1 Å². The molecule has 0 fully saturated rings. The number of thiocarbonyl (C=S) groups is 1. The molecule has 0 saturated heterocycles. The fourth-order valence-corrected chi connectivity index (χ4v) is 3.02. The molecule has 0 aliphatic carbocycles. The number of hydrogen-bond acceptors (Lipinski definition) is 6. The summed E-state index contributed by atoms with van der Waals surface area (Å²) in [5.41, 5.74) is 1.47. The van der Waals surface area contributed by atoms with Crippen LogP contribution in [0.4, 0.5) is 5.69 Å². The first-order valence-corrected chi connectivity index (χ1v) is 8.33. The Morgan fingerprint density at radius 2 is 1.78 bits per heavy atom. The average Bonchev–Trinajstić information content (AvgIpc) is 3.20. The molecule has 2 aliphatic heterocycles. The van der Waals surface area contributed by atoms with Gasteiger partial charge in [-0.25, -0.2) is 0 Å². The van der Waals surface area contributed by atoms with Crippen LogP contribution in [0.25, 0.3) is 0 Å². The molecular formula is C18H13N3O5S. The summed E-state index contributed by atoms with van der Waals surface area (Å²) >= 11 is 5.15. The summed E-state index contributed by atoms with van der Waals surface area (Å²) in [7, 11) is 1.42. The molecule has 27 heavy (non-hydrogen) atoms. The largest absolute Gasteiger partial charge is 0.454 e. The van der Waals surface area contributed by atoms with E-state index in [1.54, 1.807) is 30.3 Å². The molecule has 0 aromatic heterocycles. The number of fused-ring (bicyclic) bond motifs is 2. The molecule has 0 spiro atoms. The van der Waals surface area contributed by atoms with Crippen molar-refractivity contribution in [2.75, 3.05) is 19.2 Å². The van der Waals surface area contributed by atoms with Crippen LogP contribution in [0.1, 0.15) is 31.1 Å². The van der Waals surface area contributed by atoms with Crippen molar-refractivity contribution in [2.24, 2.45) is 0 Å². The SMILES string of the molecule is CN1C(=O)c2ccc(NC(=S)NC(=O)c3ccc4c(c3)OCO4)cc2C1=O. The lowest BCUT2D eigenvalue weighted by atomic mass is 10.1. The molecule has 3 amide bonds. The normalized spacial score (nSPS) is 14.2. The van der Waals surface area contributed by atoms with E-state index in [2.05, 4.69) is 10.6 Å². The van der Waals surface area contributed by atoms with Crippen LogP contribution in [0.2, 0.25) is 0 Å². The van der Waals surface area contributed by atoms with Gasteiger partial charge in [-0.1, -0.05) is 0 Å². The van der Waals surface area contributed by atoms with E-state index in [0.29, 0.717) is 28.3 Å². The summed E-state index contributed by atoms with van der Waals surface area (Å²) in [5.74, 6) is -0.0748. The van der Waals surface area contributed by atoms with Crippen molar-refractivity contribution < 1.29 is 23.9 Å². The lowest BCUT2D eigenvalue weighted by Crippen LogP contribution is -2.34. The molecule has 0 radical (unpaired) electrons. The predicted molar refractivity (Wildman–Crippen MR) is 99.1 cm³/mol. The van der Waals surface area contributed by atoms with E-state index in [4.69, 9.17) is 21.7 Å². The first-order valence-electron chi connectivity index (χ1n) is 7.92. The average molecular weight is 383 g/mol. The predicted octanol–water partition coefficient (Wildman–Crippen LogP) is 1.77. The Morgan fingerprint density at radius 3 is 2.59 bits per heavy atom. The van der Waals surface area contributed by atoms with E-state index in [1.807, 2.05) is 0 Å². The summed E-state index contributed by atoms with van der Waals surface area (Å²) in [4.78, 5) is 37.3. The second-order valence-corrected chi connectivity index (χ2v) is 6.31. The van der Waals surface area contributed by atoms with Crippen LogP contribution >= 0.6 is 12.2 Å². The summed E-state index contributed by atoms with van der Waals surface area (Å²) in [6.45, 7) is 0.120. The van der Waals surface area contributed by atoms with Gasteiger partial charge in [-0.3, -0.25) is 24.6 Å². The van der Waals surface area contributed by atoms with Crippen molar-refractivity contribution in [2.45, 2.75) is 0 Å². The molecule has 2 heterocycles. The highest BCUT2D eigenvalue weighted by atomic mass is 32.1. The van der Waals surface area contributed by atoms with Crippen LogP contribution in [0, 0.1) is 0 Å². The molecule has 8 nitrogen and oxygen atoms in total. The van der Waals surface area contributed by atoms with Crippen molar-refractivity contribution in [3.8, 4) is 11.5 Å². The number of amides is 3. The molecule has 2 aromatic carbocycles. The van der Waals surface area contributed by atoms with Gasteiger partial charge in [0.1, 0.15) is 0 Å². The first-order chi connectivity index (χ1) is 12.9. The Bertz CT molecular complexity index is 1020. The minimum Gasteiger partial charge on any atom is -0.454 e. The molecule has 136 valence electrons. The summed E-state index contributed by atoms with van der Waals surface area (Å²) in [6.07, 6.45) is 0. The molecule has 4 rings (SSSR count). The quantitative estimate of drug-likeness (QED) is 0.603. The van der Waals surface area contributed by atoms with Gasteiger partial charge in [0.25, 0.3) is 17.7 Å². The fraction of sp³-hybridized carbons (Fsp3) is 0.111. The van der Waals surface area contributed by atoms with Crippen molar-refractivity contribution in [1.29, 1.82) is 0 Å². The number of ether oxygens (including phenoxy) is 2. The zero-order chi connectivity index (χ0) is 19.1. The molecule has 2 aliphatic rings. The fourth-order valence-electron chi connectivity index (χ4n) is 2.81. The third kappa shape index (κ3) is 2.97. The van der Waals surface area contributed by atoms with Gasteiger partial charge in [-0.15, -0.1) is 0 Å². The number of benzene rings is 2. The third-order valence-electron chi connectivity index (χ3n) is 4.21. The number of nitrogens with one attached hydrogen (secondary N) is 2. The Morgan fingerprint density at radius 1 is 1.04 bits per heavy atom. The van der Waals surface area contributed by atoms with E-state index in [1.165, 1.54) is 13.1 Å². The molecule has 0 saturated carbocycles. The van der Waals surface area contributed by atoms with Crippen LogP contribution < -0.4 is 20.1 Å². The molecule has 2 N–H and O–H groups in total. The standard InChI is InChI=1S/C18H13N3O5S/c1-21-16(23)11-4-3-10(7-12(11)17(21)24)19-18(27)20-15(22)9-2-5-13-14(6-9)26-8-25-13/h2-7H,8H2,1H3,(H2,19,20,22,27). The maximum Gasteiger partial charge on any atom is 0.261 e. The maximum atomic E-state index is 12.3. The minimum absolute atomic E-state index is 0.0581. The topological polar surface area (TPSA) is 97.0 Å².